The number of hydrogen-bond acceptors (Lipinski definition) is 5. The average molecular weight is 439 g/mol. The molecule has 0 saturated heterocycles. The Hall–Kier alpha value is -2.41. The number of para-hydroxylation sites is 1. The van der Waals surface area contributed by atoms with Gasteiger partial charge in [0.1, 0.15) is 6.04 Å². The second-order valence-corrected chi connectivity index (χ2v) is 9.50. The van der Waals surface area contributed by atoms with E-state index in [0.717, 1.165) is 24.9 Å². The van der Waals surface area contributed by atoms with E-state index in [0.29, 0.717) is 26.3 Å². The van der Waals surface area contributed by atoms with E-state index >= 15 is 0 Å². The van der Waals surface area contributed by atoms with Crippen LogP contribution in [0.4, 0.5) is 5.69 Å². The Balaban J connectivity index is 1.55. The van der Waals surface area contributed by atoms with Crippen molar-refractivity contribution in [3.63, 3.8) is 0 Å². The minimum atomic E-state index is -0.451. The predicted molar refractivity (Wildman–Crippen MR) is 131 cm³/mol. The van der Waals surface area contributed by atoms with Crippen molar-refractivity contribution >= 4 is 11.6 Å². The topological polar surface area (TPSA) is 88.4 Å². The van der Waals surface area contributed by atoms with Crippen LogP contribution < -0.4 is 21.7 Å². The first-order valence-corrected chi connectivity index (χ1v) is 11.6. The van der Waals surface area contributed by atoms with Gasteiger partial charge in [-0.05, 0) is 43.9 Å². The summed E-state index contributed by atoms with van der Waals surface area (Å²) >= 11 is 0. The van der Waals surface area contributed by atoms with E-state index in [4.69, 9.17) is 10.5 Å². The fourth-order valence-corrected chi connectivity index (χ4v) is 4.21. The number of rotatable bonds is 12. The molecule has 0 spiro atoms. The lowest BCUT2D eigenvalue weighted by Gasteiger charge is -2.29. The van der Waals surface area contributed by atoms with Crippen LogP contribution in [-0.2, 0) is 21.6 Å². The van der Waals surface area contributed by atoms with Crippen molar-refractivity contribution in [1.82, 2.24) is 10.6 Å². The summed E-state index contributed by atoms with van der Waals surface area (Å²) in [6.07, 6.45) is 1.91. The van der Waals surface area contributed by atoms with Gasteiger partial charge in [-0.1, -0.05) is 55.5 Å². The summed E-state index contributed by atoms with van der Waals surface area (Å²) in [6.45, 7) is 8.91. The van der Waals surface area contributed by atoms with Gasteiger partial charge in [0.15, 0.2) is 0 Å². The van der Waals surface area contributed by atoms with Crippen LogP contribution in [0.15, 0.2) is 54.6 Å². The Kier molecular flexibility index (Phi) is 8.29. The van der Waals surface area contributed by atoms with E-state index in [9.17, 15) is 4.79 Å². The van der Waals surface area contributed by atoms with E-state index in [1.807, 2.05) is 44.2 Å². The van der Waals surface area contributed by atoms with Gasteiger partial charge in [0.2, 0.25) is 5.91 Å². The first kappa shape index (κ1) is 24.2. The molecular formula is C26H38N4O2. The van der Waals surface area contributed by atoms with E-state index in [1.165, 1.54) is 11.3 Å². The number of ether oxygens (including phenoxy) is 1. The summed E-state index contributed by atoms with van der Waals surface area (Å²) in [6, 6.07) is 18.0. The number of benzene rings is 2. The van der Waals surface area contributed by atoms with Crippen LogP contribution >= 0.6 is 0 Å². The smallest absolute Gasteiger partial charge is 0.239 e. The molecule has 6 nitrogen and oxygen atoms in total. The lowest BCUT2D eigenvalue weighted by Crippen LogP contribution is -2.53. The molecule has 174 valence electrons. The van der Waals surface area contributed by atoms with Crippen molar-refractivity contribution in [2.24, 2.45) is 5.73 Å². The predicted octanol–water partition coefficient (Wildman–Crippen LogP) is 3.18. The van der Waals surface area contributed by atoms with Crippen LogP contribution in [0.5, 0.6) is 0 Å². The molecule has 0 aliphatic carbocycles. The number of nitrogens with one attached hydrogen (secondary N) is 3. The maximum Gasteiger partial charge on any atom is 0.239 e. The van der Waals surface area contributed by atoms with Gasteiger partial charge in [-0.15, -0.1) is 0 Å². The Labute approximate surface area is 192 Å². The van der Waals surface area contributed by atoms with E-state index < -0.39 is 11.6 Å². The molecule has 1 amide bonds. The van der Waals surface area contributed by atoms with E-state index in [-0.39, 0.29) is 11.3 Å². The van der Waals surface area contributed by atoms with Gasteiger partial charge >= 0.3 is 0 Å². The second-order valence-electron chi connectivity index (χ2n) is 9.50. The number of anilines is 1. The summed E-state index contributed by atoms with van der Waals surface area (Å²) in [7, 11) is 0. The molecule has 32 heavy (non-hydrogen) atoms. The molecule has 0 radical (unpaired) electrons. The van der Waals surface area contributed by atoms with Crippen molar-refractivity contribution in [1.29, 1.82) is 0 Å². The molecular weight excluding hydrogens is 400 g/mol. The first-order valence-electron chi connectivity index (χ1n) is 11.6. The first-order chi connectivity index (χ1) is 15.3. The second kappa shape index (κ2) is 10.9. The summed E-state index contributed by atoms with van der Waals surface area (Å²) in [5, 5.41) is 9.95. The quantitative estimate of drug-likeness (QED) is 0.409. The Morgan fingerprint density at radius 1 is 1.19 bits per heavy atom. The van der Waals surface area contributed by atoms with Gasteiger partial charge in [-0.25, -0.2) is 0 Å². The van der Waals surface area contributed by atoms with Gasteiger partial charge in [0.05, 0.1) is 13.2 Å². The number of hydrogen-bond donors (Lipinski definition) is 4. The number of carbonyl (C=O) groups excluding carboxylic acids is 1. The highest BCUT2D eigenvalue weighted by atomic mass is 16.5. The molecule has 1 aliphatic heterocycles. The molecule has 3 rings (SSSR count). The number of carbonyl (C=O) groups is 1. The van der Waals surface area contributed by atoms with Crippen molar-refractivity contribution in [3.05, 3.63) is 65.7 Å². The van der Waals surface area contributed by atoms with Crippen molar-refractivity contribution < 1.29 is 9.53 Å². The molecule has 6 heteroatoms. The third-order valence-corrected chi connectivity index (χ3v) is 6.21. The van der Waals surface area contributed by atoms with Crippen LogP contribution in [0.1, 0.15) is 44.7 Å². The minimum absolute atomic E-state index is 0.0483. The molecule has 0 saturated carbocycles. The van der Waals surface area contributed by atoms with Crippen LogP contribution in [0.25, 0.3) is 0 Å². The summed E-state index contributed by atoms with van der Waals surface area (Å²) in [4.78, 5) is 13.0. The minimum Gasteiger partial charge on any atom is -0.384 e. The van der Waals surface area contributed by atoms with Crippen molar-refractivity contribution in [2.45, 2.75) is 57.2 Å². The normalized spacial score (nSPS) is 18.6. The van der Waals surface area contributed by atoms with Gasteiger partial charge in [-0.2, -0.15) is 0 Å². The van der Waals surface area contributed by atoms with Crippen LogP contribution in [0.2, 0.25) is 0 Å². The standard InChI is InChI=1S/C26H38N4O2/c1-4-26(19-30-22-13-9-8-12-21(22)26)14-15-28-24(31)23(29-18-25(2,3)27)17-32-16-20-10-6-5-7-11-20/h5-13,23,29-30H,4,14-19,27H2,1-3H3,(H,28,31)/t23-,26?/m1/s1. The van der Waals surface area contributed by atoms with Crippen molar-refractivity contribution in [2.75, 3.05) is 31.6 Å². The molecule has 1 aliphatic rings. The highest BCUT2D eigenvalue weighted by Gasteiger charge is 2.36. The zero-order chi connectivity index (χ0) is 23.0. The molecule has 2 aromatic rings. The monoisotopic (exact) mass is 438 g/mol. The molecule has 5 N–H and O–H groups in total. The third kappa shape index (κ3) is 6.55. The van der Waals surface area contributed by atoms with Gasteiger partial charge in [-0.3, -0.25) is 4.79 Å². The Morgan fingerprint density at radius 2 is 1.91 bits per heavy atom. The maximum absolute atomic E-state index is 13.0. The summed E-state index contributed by atoms with van der Waals surface area (Å²) in [5.74, 6) is -0.0483. The lowest BCUT2D eigenvalue weighted by atomic mass is 9.77. The molecule has 1 unspecified atom stereocenters. The van der Waals surface area contributed by atoms with Crippen LogP contribution in [-0.4, -0.2) is 43.7 Å². The molecule has 2 atom stereocenters. The molecule has 2 aromatic carbocycles. The fourth-order valence-electron chi connectivity index (χ4n) is 4.21. The zero-order valence-corrected chi connectivity index (χ0v) is 19.6. The molecule has 1 heterocycles. The SMILES string of the molecule is CCC1(CCNC(=O)[C@@H](COCc2ccccc2)NCC(C)(C)N)CNc2ccccc21. The molecule has 0 aromatic heterocycles. The Bertz CT molecular complexity index is 866. The van der Waals surface area contributed by atoms with Crippen LogP contribution in [0, 0.1) is 0 Å². The number of nitrogens with two attached hydrogens (primary N) is 1. The van der Waals surface area contributed by atoms with E-state index in [2.05, 4.69) is 47.1 Å². The van der Waals surface area contributed by atoms with Gasteiger partial charge < -0.3 is 26.4 Å². The third-order valence-electron chi connectivity index (χ3n) is 6.21. The van der Waals surface area contributed by atoms with E-state index in [1.54, 1.807) is 0 Å². The Morgan fingerprint density at radius 3 is 2.62 bits per heavy atom. The molecule has 0 fully saturated rings. The number of fused-ring (bicyclic) bond motifs is 1. The van der Waals surface area contributed by atoms with Gasteiger partial charge in [0, 0.05) is 36.3 Å². The van der Waals surface area contributed by atoms with Crippen LogP contribution in [0.3, 0.4) is 0 Å². The number of amides is 1. The lowest BCUT2D eigenvalue weighted by molar-refractivity contribution is -0.124. The highest BCUT2D eigenvalue weighted by Crippen LogP contribution is 2.41. The average Bonchev–Trinajstić information content (AvgIpc) is 3.15. The summed E-state index contributed by atoms with van der Waals surface area (Å²) in [5.41, 5.74) is 9.41. The highest BCUT2D eigenvalue weighted by molar-refractivity contribution is 5.81. The zero-order valence-electron chi connectivity index (χ0n) is 19.6. The largest absolute Gasteiger partial charge is 0.384 e. The molecule has 0 bridgehead atoms. The fraction of sp³-hybridized carbons (Fsp3) is 0.500. The maximum atomic E-state index is 13.0. The summed E-state index contributed by atoms with van der Waals surface area (Å²) < 4.78 is 5.86. The van der Waals surface area contributed by atoms with Crippen molar-refractivity contribution in [3.8, 4) is 0 Å². The van der Waals surface area contributed by atoms with Gasteiger partial charge in [0.25, 0.3) is 0 Å².